The number of rotatable bonds is 2. The van der Waals surface area contributed by atoms with Gasteiger partial charge in [-0.2, -0.15) is 0 Å². The summed E-state index contributed by atoms with van der Waals surface area (Å²) >= 11 is 0. The number of ketones is 1. The zero-order valence-electron chi connectivity index (χ0n) is 8.20. The van der Waals surface area contributed by atoms with E-state index < -0.39 is 0 Å². The third-order valence-corrected chi connectivity index (χ3v) is 2.72. The van der Waals surface area contributed by atoms with Gasteiger partial charge in [0.25, 0.3) is 0 Å². The van der Waals surface area contributed by atoms with Gasteiger partial charge in [0.1, 0.15) is 5.78 Å². The van der Waals surface area contributed by atoms with E-state index in [1.807, 2.05) is 18.2 Å². The van der Waals surface area contributed by atoms with Crippen LogP contribution >= 0.6 is 0 Å². The minimum Gasteiger partial charge on any atom is -0.316 e. The quantitative estimate of drug-likeness (QED) is 0.762. The Morgan fingerprint density at radius 1 is 1.29 bits per heavy atom. The predicted molar refractivity (Wildman–Crippen MR) is 56.1 cm³/mol. The maximum Gasteiger partial charge on any atom is 0.138 e. The van der Waals surface area contributed by atoms with E-state index in [0.717, 1.165) is 19.5 Å². The first-order valence-corrected chi connectivity index (χ1v) is 5.13. The first-order chi connectivity index (χ1) is 6.86. The minimum atomic E-state index is 0.186. The Morgan fingerprint density at radius 3 is 2.79 bits per heavy atom. The van der Waals surface area contributed by atoms with E-state index in [0.29, 0.717) is 12.2 Å². The summed E-state index contributed by atoms with van der Waals surface area (Å²) < 4.78 is 0. The molecule has 1 aromatic rings. The van der Waals surface area contributed by atoms with Crippen LogP contribution < -0.4 is 5.32 Å². The third kappa shape index (κ3) is 2.20. The van der Waals surface area contributed by atoms with Crippen LogP contribution in [0.1, 0.15) is 12.0 Å². The largest absolute Gasteiger partial charge is 0.316 e. The Labute approximate surface area is 84.3 Å². The number of carbonyl (C=O) groups excluding carboxylic acids is 1. The zero-order valence-corrected chi connectivity index (χ0v) is 8.20. The fraction of sp³-hybridized carbons (Fsp3) is 0.417. The summed E-state index contributed by atoms with van der Waals surface area (Å²) in [6, 6.07) is 10.2. The Bertz CT molecular complexity index is 307. The van der Waals surface area contributed by atoms with Crippen LogP contribution in [0.25, 0.3) is 0 Å². The molecule has 1 N–H and O–H groups in total. The number of nitrogens with one attached hydrogen (secondary N) is 1. The topological polar surface area (TPSA) is 29.1 Å². The van der Waals surface area contributed by atoms with Crippen molar-refractivity contribution in [3.8, 4) is 0 Å². The second-order valence-corrected chi connectivity index (χ2v) is 3.81. The Hall–Kier alpha value is -1.15. The molecule has 0 aliphatic carbocycles. The Balaban J connectivity index is 2.00. The summed E-state index contributed by atoms with van der Waals surface area (Å²) in [7, 11) is 0. The SMILES string of the molecule is O=C1CCNC[C@H]1Cc1ccccc1. The van der Waals surface area contributed by atoms with Crippen LogP contribution in [0.5, 0.6) is 0 Å². The zero-order chi connectivity index (χ0) is 9.80. The van der Waals surface area contributed by atoms with Crippen molar-refractivity contribution in [2.24, 2.45) is 5.92 Å². The first kappa shape index (κ1) is 9.41. The number of piperidine rings is 1. The molecular weight excluding hydrogens is 174 g/mol. The Kier molecular flexibility index (Phi) is 2.94. The molecule has 0 aromatic heterocycles. The molecule has 0 bridgehead atoms. The van der Waals surface area contributed by atoms with Crippen LogP contribution in [0.4, 0.5) is 0 Å². The van der Waals surface area contributed by atoms with E-state index in [2.05, 4.69) is 17.4 Å². The van der Waals surface area contributed by atoms with E-state index in [9.17, 15) is 4.79 Å². The average molecular weight is 189 g/mol. The summed E-state index contributed by atoms with van der Waals surface area (Å²) in [4.78, 5) is 11.6. The van der Waals surface area contributed by atoms with Gasteiger partial charge in [0.05, 0.1) is 0 Å². The monoisotopic (exact) mass is 189 g/mol. The summed E-state index contributed by atoms with van der Waals surface area (Å²) in [5.74, 6) is 0.596. The lowest BCUT2D eigenvalue weighted by Gasteiger charge is -2.21. The van der Waals surface area contributed by atoms with Crippen LogP contribution in [-0.2, 0) is 11.2 Å². The summed E-state index contributed by atoms with van der Waals surface area (Å²) in [5, 5.41) is 3.26. The fourth-order valence-corrected chi connectivity index (χ4v) is 1.89. The van der Waals surface area contributed by atoms with E-state index in [1.165, 1.54) is 5.56 Å². The molecule has 0 spiro atoms. The molecule has 74 valence electrons. The maximum atomic E-state index is 11.6. The molecule has 1 atom stereocenters. The van der Waals surface area contributed by atoms with Gasteiger partial charge < -0.3 is 5.32 Å². The second-order valence-electron chi connectivity index (χ2n) is 3.81. The molecule has 1 aromatic carbocycles. The van der Waals surface area contributed by atoms with E-state index >= 15 is 0 Å². The van der Waals surface area contributed by atoms with Crippen molar-refractivity contribution < 1.29 is 4.79 Å². The number of hydrogen-bond donors (Lipinski definition) is 1. The van der Waals surface area contributed by atoms with Crippen molar-refractivity contribution in [2.75, 3.05) is 13.1 Å². The van der Waals surface area contributed by atoms with Crippen LogP contribution in [0.2, 0.25) is 0 Å². The van der Waals surface area contributed by atoms with Gasteiger partial charge in [0.2, 0.25) is 0 Å². The predicted octanol–water partition coefficient (Wildman–Crippen LogP) is 1.41. The average Bonchev–Trinajstić information content (AvgIpc) is 2.23. The van der Waals surface area contributed by atoms with E-state index in [-0.39, 0.29) is 5.92 Å². The number of carbonyl (C=O) groups is 1. The first-order valence-electron chi connectivity index (χ1n) is 5.13. The Morgan fingerprint density at radius 2 is 2.07 bits per heavy atom. The van der Waals surface area contributed by atoms with Gasteiger partial charge in [0, 0.05) is 25.4 Å². The second kappa shape index (κ2) is 4.38. The molecular formula is C12H15NO. The third-order valence-electron chi connectivity index (χ3n) is 2.72. The lowest BCUT2D eigenvalue weighted by atomic mass is 9.91. The highest BCUT2D eigenvalue weighted by molar-refractivity contribution is 5.82. The van der Waals surface area contributed by atoms with Crippen LogP contribution in [0.15, 0.2) is 30.3 Å². The van der Waals surface area contributed by atoms with Gasteiger partial charge in [-0.1, -0.05) is 30.3 Å². The molecule has 2 heteroatoms. The lowest BCUT2D eigenvalue weighted by molar-refractivity contribution is -0.123. The molecule has 1 fully saturated rings. The highest BCUT2D eigenvalue weighted by Gasteiger charge is 2.21. The number of hydrogen-bond acceptors (Lipinski definition) is 2. The van der Waals surface area contributed by atoms with Crippen molar-refractivity contribution in [1.29, 1.82) is 0 Å². The fourth-order valence-electron chi connectivity index (χ4n) is 1.89. The molecule has 0 saturated carbocycles. The van der Waals surface area contributed by atoms with Crippen molar-refractivity contribution in [2.45, 2.75) is 12.8 Å². The number of benzene rings is 1. The van der Waals surface area contributed by atoms with Gasteiger partial charge in [0.15, 0.2) is 0 Å². The number of Topliss-reactive ketones (excluding diaryl/α,β-unsaturated/α-hetero) is 1. The highest BCUT2D eigenvalue weighted by Crippen LogP contribution is 2.13. The van der Waals surface area contributed by atoms with E-state index in [4.69, 9.17) is 0 Å². The lowest BCUT2D eigenvalue weighted by Crippen LogP contribution is -2.37. The summed E-state index contributed by atoms with van der Waals surface area (Å²) in [5.41, 5.74) is 1.26. The molecule has 1 heterocycles. The molecule has 1 aliphatic rings. The molecule has 1 saturated heterocycles. The van der Waals surface area contributed by atoms with Gasteiger partial charge in [-0.25, -0.2) is 0 Å². The molecule has 1 aliphatic heterocycles. The van der Waals surface area contributed by atoms with Crippen LogP contribution in [0, 0.1) is 5.92 Å². The highest BCUT2D eigenvalue weighted by atomic mass is 16.1. The van der Waals surface area contributed by atoms with Gasteiger partial charge in [-0.3, -0.25) is 4.79 Å². The van der Waals surface area contributed by atoms with Gasteiger partial charge in [-0.15, -0.1) is 0 Å². The van der Waals surface area contributed by atoms with Gasteiger partial charge in [-0.05, 0) is 12.0 Å². The summed E-state index contributed by atoms with van der Waals surface area (Å²) in [6.07, 6.45) is 1.57. The normalized spacial score (nSPS) is 22.3. The van der Waals surface area contributed by atoms with Crippen molar-refractivity contribution in [1.82, 2.24) is 5.32 Å². The maximum absolute atomic E-state index is 11.6. The standard InChI is InChI=1S/C12H15NO/c14-12-6-7-13-9-11(12)8-10-4-2-1-3-5-10/h1-5,11,13H,6-9H2/t11-/m1/s1. The van der Waals surface area contributed by atoms with E-state index in [1.54, 1.807) is 0 Å². The molecule has 0 unspecified atom stereocenters. The molecule has 2 nitrogen and oxygen atoms in total. The van der Waals surface area contributed by atoms with Crippen molar-refractivity contribution in [3.05, 3.63) is 35.9 Å². The molecule has 0 amide bonds. The van der Waals surface area contributed by atoms with Crippen LogP contribution in [0.3, 0.4) is 0 Å². The smallest absolute Gasteiger partial charge is 0.138 e. The summed E-state index contributed by atoms with van der Waals surface area (Å²) in [6.45, 7) is 1.69. The van der Waals surface area contributed by atoms with Crippen molar-refractivity contribution in [3.63, 3.8) is 0 Å². The van der Waals surface area contributed by atoms with Crippen molar-refractivity contribution >= 4 is 5.78 Å². The molecule has 14 heavy (non-hydrogen) atoms. The molecule has 0 radical (unpaired) electrons. The minimum absolute atomic E-state index is 0.186. The van der Waals surface area contributed by atoms with Crippen LogP contribution in [-0.4, -0.2) is 18.9 Å². The molecule has 2 rings (SSSR count). The van der Waals surface area contributed by atoms with Gasteiger partial charge >= 0.3 is 0 Å².